The fourth-order valence-corrected chi connectivity index (χ4v) is 3.83. The van der Waals surface area contributed by atoms with Crippen molar-refractivity contribution in [3.63, 3.8) is 0 Å². The van der Waals surface area contributed by atoms with Crippen molar-refractivity contribution in [2.24, 2.45) is 0 Å². The van der Waals surface area contributed by atoms with Gasteiger partial charge in [0.15, 0.2) is 0 Å². The highest BCUT2D eigenvalue weighted by Crippen LogP contribution is 2.40. The third kappa shape index (κ3) is 2.05. The summed E-state index contributed by atoms with van der Waals surface area (Å²) in [6.45, 7) is 1.88. The van der Waals surface area contributed by atoms with Gasteiger partial charge < -0.3 is 10.0 Å². The Hall–Kier alpha value is -0.610. The van der Waals surface area contributed by atoms with Gasteiger partial charge in [-0.2, -0.15) is 0 Å². The molecule has 2 aromatic rings. The summed E-state index contributed by atoms with van der Waals surface area (Å²) in [6.07, 6.45) is 1.59. The van der Waals surface area contributed by atoms with E-state index in [0.29, 0.717) is 0 Å². The topological polar surface area (TPSA) is 23.5 Å². The first-order valence-corrected chi connectivity index (χ1v) is 7.42. The van der Waals surface area contributed by atoms with Crippen molar-refractivity contribution in [3.8, 4) is 0 Å². The molecule has 0 unspecified atom stereocenters. The van der Waals surface area contributed by atoms with Gasteiger partial charge in [-0.1, -0.05) is 11.6 Å². The molecule has 3 rings (SSSR count). The molecule has 1 fully saturated rings. The molecule has 1 aromatic heterocycles. The molecule has 0 spiro atoms. The van der Waals surface area contributed by atoms with Gasteiger partial charge in [-0.05, 0) is 48.9 Å². The van der Waals surface area contributed by atoms with Gasteiger partial charge in [-0.3, -0.25) is 0 Å². The van der Waals surface area contributed by atoms with Gasteiger partial charge in [0.05, 0.1) is 5.60 Å². The van der Waals surface area contributed by atoms with E-state index in [-0.39, 0.29) is 0 Å². The molecular formula is C14H16ClNOS. The van der Waals surface area contributed by atoms with E-state index in [1.54, 1.807) is 11.3 Å². The van der Waals surface area contributed by atoms with Gasteiger partial charge in [-0.15, -0.1) is 11.3 Å². The van der Waals surface area contributed by atoms with E-state index in [0.717, 1.165) is 41.9 Å². The molecule has 1 N–H and O–H groups in total. The minimum absolute atomic E-state index is 0.685. The summed E-state index contributed by atoms with van der Waals surface area (Å²) < 4.78 is 1.20. The highest BCUT2D eigenvalue weighted by molar-refractivity contribution is 7.17. The molecule has 0 atom stereocenters. The van der Waals surface area contributed by atoms with Crippen LogP contribution in [0, 0.1) is 0 Å². The largest absolute Gasteiger partial charge is 0.385 e. The first-order valence-electron chi connectivity index (χ1n) is 6.17. The number of hydrogen-bond acceptors (Lipinski definition) is 3. The molecule has 4 heteroatoms. The minimum atomic E-state index is -0.685. The van der Waals surface area contributed by atoms with Crippen LogP contribution in [0.5, 0.6) is 0 Å². The van der Waals surface area contributed by atoms with Gasteiger partial charge in [0, 0.05) is 28.4 Å². The number of likely N-dealkylation sites (tertiary alicyclic amines) is 1. The summed E-state index contributed by atoms with van der Waals surface area (Å²) in [4.78, 5) is 2.26. The molecule has 1 aliphatic rings. The SMILES string of the molecule is CN1CCC(O)(c2csc3ccc(Cl)cc23)CC1. The Labute approximate surface area is 116 Å². The van der Waals surface area contributed by atoms with Crippen molar-refractivity contribution in [3.05, 3.63) is 34.2 Å². The fourth-order valence-electron chi connectivity index (χ4n) is 2.62. The Morgan fingerprint density at radius 3 is 2.78 bits per heavy atom. The van der Waals surface area contributed by atoms with E-state index in [1.165, 1.54) is 4.70 Å². The van der Waals surface area contributed by atoms with E-state index < -0.39 is 5.60 Å². The quantitative estimate of drug-likeness (QED) is 0.865. The Bertz CT molecular complexity index is 572. The Kier molecular flexibility index (Phi) is 3.10. The van der Waals surface area contributed by atoms with Gasteiger partial charge in [-0.25, -0.2) is 0 Å². The number of nitrogens with zero attached hydrogens (tertiary/aromatic N) is 1. The molecule has 0 bridgehead atoms. The van der Waals surface area contributed by atoms with Crippen LogP contribution in [-0.4, -0.2) is 30.1 Å². The molecule has 0 amide bonds. The monoisotopic (exact) mass is 281 g/mol. The molecule has 1 saturated heterocycles. The van der Waals surface area contributed by atoms with Crippen molar-refractivity contribution >= 4 is 33.0 Å². The van der Waals surface area contributed by atoms with E-state index in [1.807, 2.05) is 18.2 Å². The molecule has 1 aromatic carbocycles. The number of thiophene rings is 1. The maximum Gasteiger partial charge on any atom is 0.0934 e. The van der Waals surface area contributed by atoms with Crippen LogP contribution in [0.1, 0.15) is 18.4 Å². The number of piperidine rings is 1. The summed E-state index contributed by atoms with van der Waals surface area (Å²) in [5.41, 5.74) is 0.369. The van der Waals surface area contributed by atoms with Crippen LogP contribution in [0.2, 0.25) is 5.02 Å². The molecule has 0 saturated carbocycles. The van der Waals surface area contributed by atoms with Gasteiger partial charge in [0.1, 0.15) is 0 Å². The molecule has 18 heavy (non-hydrogen) atoms. The lowest BCUT2D eigenvalue weighted by Crippen LogP contribution is -2.40. The number of hydrogen-bond donors (Lipinski definition) is 1. The Morgan fingerprint density at radius 1 is 1.33 bits per heavy atom. The van der Waals surface area contributed by atoms with Crippen molar-refractivity contribution < 1.29 is 5.11 Å². The molecule has 1 aliphatic heterocycles. The van der Waals surface area contributed by atoms with Crippen LogP contribution in [0.4, 0.5) is 0 Å². The van der Waals surface area contributed by atoms with E-state index in [2.05, 4.69) is 17.3 Å². The second-order valence-electron chi connectivity index (χ2n) is 5.12. The Morgan fingerprint density at radius 2 is 2.06 bits per heavy atom. The zero-order chi connectivity index (χ0) is 12.8. The van der Waals surface area contributed by atoms with Crippen molar-refractivity contribution in [2.75, 3.05) is 20.1 Å². The predicted molar refractivity (Wildman–Crippen MR) is 77.5 cm³/mol. The first kappa shape index (κ1) is 12.4. The highest BCUT2D eigenvalue weighted by atomic mass is 35.5. The van der Waals surface area contributed by atoms with E-state index in [4.69, 9.17) is 11.6 Å². The van der Waals surface area contributed by atoms with Crippen LogP contribution in [-0.2, 0) is 5.60 Å². The molecule has 0 radical (unpaired) electrons. The molecule has 0 aliphatic carbocycles. The molecule has 2 heterocycles. The highest BCUT2D eigenvalue weighted by Gasteiger charge is 2.34. The van der Waals surface area contributed by atoms with Crippen molar-refractivity contribution in [1.82, 2.24) is 4.90 Å². The van der Waals surface area contributed by atoms with Crippen LogP contribution >= 0.6 is 22.9 Å². The van der Waals surface area contributed by atoms with Crippen molar-refractivity contribution in [2.45, 2.75) is 18.4 Å². The number of fused-ring (bicyclic) bond motifs is 1. The van der Waals surface area contributed by atoms with E-state index >= 15 is 0 Å². The maximum absolute atomic E-state index is 10.9. The fraction of sp³-hybridized carbons (Fsp3) is 0.429. The van der Waals surface area contributed by atoms with E-state index in [9.17, 15) is 5.11 Å². The number of aliphatic hydroxyl groups is 1. The lowest BCUT2D eigenvalue weighted by atomic mass is 9.84. The van der Waals surface area contributed by atoms with Crippen LogP contribution in [0.25, 0.3) is 10.1 Å². The summed E-state index contributed by atoms with van der Waals surface area (Å²) in [7, 11) is 2.10. The number of benzene rings is 1. The van der Waals surface area contributed by atoms with Gasteiger partial charge >= 0.3 is 0 Å². The van der Waals surface area contributed by atoms with Crippen LogP contribution in [0.15, 0.2) is 23.6 Å². The first-order chi connectivity index (χ1) is 8.58. The van der Waals surface area contributed by atoms with Crippen LogP contribution in [0.3, 0.4) is 0 Å². The summed E-state index contributed by atoms with van der Waals surface area (Å²) in [6, 6.07) is 5.91. The molecule has 2 nitrogen and oxygen atoms in total. The lowest BCUT2D eigenvalue weighted by molar-refractivity contribution is -0.0187. The number of halogens is 1. The maximum atomic E-state index is 10.9. The third-order valence-corrected chi connectivity index (χ3v) is 5.05. The third-order valence-electron chi connectivity index (χ3n) is 3.85. The summed E-state index contributed by atoms with van der Waals surface area (Å²) >= 11 is 7.75. The lowest BCUT2D eigenvalue weighted by Gasteiger charge is -2.36. The second-order valence-corrected chi connectivity index (χ2v) is 6.47. The zero-order valence-electron chi connectivity index (χ0n) is 10.3. The average Bonchev–Trinajstić information content (AvgIpc) is 2.77. The zero-order valence-corrected chi connectivity index (χ0v) is 11.9. The second kappa shape index (κ2) is 4.49. The number of rotatable bonds is 1. The predicted octanol–water partition coefficient (Wildman–Crippen LogP) is 3.47. The van der Waals surface area contributed by atoms with Crippen LogP contribution < -0.4 is 0 Å². The molecular weight excluding hydrogens is 266 g/mol. The normalized spacial score (nSPS) is 20.4. The summed E-state index contributed by atoms with van der Waals surface area (Å²) in [5, 5.41) is 14.8. The standard InChI is InChI=1S/C14H16ClNOS/c1-16-6-4-14(17,5-7-16)12-9-18-13-3-2-10(15)8-11(12)13/h2-3,8-9,17H,4-7H2,1H3. The minimum Gasteiger partial charge on any atom is -0.385 e. The average molecular weight is 282 g/mol. The Balaban J connectivity index is 2.06. The van der Waals surface area contributed by atoms with Crippen molar-refractivity contribution in [1.29, 1.82) is 0 Å². The smallest absolute Gasteiger partial charge is 0.0934 e. The van der Waals surface area contributed by atoms with Gasteiger partial charge in [0.2, 0.25) is 0 Å². The molecule has 96 valence electrons. The summed E-state index contributed by atoms with van der Waals surface area (Å²) in [5.74, 6) is 0. The van der Waals surface area contributed by atoms with Gasteiger partial charge in [0.25, 0.3) is 0 Å².